The molecule has 1 heterocycles. The van der Waals surface area contributed by atoms with E-state index in [-0.39, 0.29) is 5.03 Å². The predicted molar refractivity (Wildman–Crippen MR) is 79.9 cm³/mol. The first kappa shape index (κ1) is 15.3. The molecular weight excluding hydrogens is 292 g/mol. The summed E-state index contributed by atoms with van der Waals surface area (Å²) in [5.74, 6) is 0.613. The molecule has 0 amide bonds. The van der Waals surface area contributed by atoms with Crippen LogP contribution in [0.3, 0.4) is 0 Å². The van der Waals surface area contributed by atoms with E-state index in [9.17, 15) is 8.42 Å². The van der Waals surface area contributed by atoms with Gasteiger partial charge in [-0.2, -0.15) is 13.5 Å². The van der Waals surface area contributed by atoms with E-state index >= 15 is 0 Å². The van der Waals surface area contributed by atoms with E-state index in [2.05, 4.69) is 14.9 Å². The van der Waals surface area contributed by atoms with Crippen molar-refractivity contribution in [1.82, 2.24) is 15.1 Å². The molecular formula is C13H18N4O3S. The van der Waals surface area contributed by atoms with Crippen molar-refractivity contribution in [2.45, 2.75) is 5.03 Å². The molecule has 2 rings (SSSR count). The maximum Gasteiger partial charge on any atom is 0.278 e. The monoisotopic (exact) mass is 310 g/mol. The lowest BCUT2D eigenvalue weighted by Gasteiger charge is -2.12. The lowest BCUT2D eigenvalue weighted by Crippen LogP contribution is -2.19. The fourth-order valence-corrected chi connectivity index (χ4v) is 2.56. The van der Waals surface area contributed by atoms with Crippen molar-refractivity contribution in [3.63, 3.8) is 0 Å². The van der Waals surface area contributed by atoms with Crippen LogP contribution in [0.1, 0.15) is 0 Å². The standard InChI is InChI=1S/C13H18N4O3S/c1-17(2)8-9-20-12-5-3-4-11(10-12)16-21(18,19)13-6-7-14-15-13/h3-7,10,16H,8-9H2,1-2H3,(H,14,15). The number of hydrogen-bond acceptors (Lipinski definition) is 5. The molecule has 2 aromatic rings. The minimum absolute atomic E-state index is 0.0152. The first-order valence-electron chi connectivity index (χ1n) is 6.37. The molecule has 0 bridgehead atoms. The van der Waals surface area contributed by atoms with E-state index in [0.29, 0.717) is 18.0 Å². The van der Waals surface area contributed by atoms with Gasteiger partial charge in [0.25, 0.3) is 10.0 Å². The summed E-state index contributed by atoms with van der Waals surface area (Å²) in [6, 6.07) is 8.20. The normalized spacial score (nSPS) is 11.6. The molecule has 0 saturated heterocycles. The van der Waals surface area contributed by atoms with Crippen LogP contribution in [0.25, 0.3) is 0 Å². The first-order chi connectivity index (χ1) is 9.97. The van der Waals surface area contributed by atoms with Gasteiger partial charge in [0.2, 0.25) is 0 Å². The Hall–Kier alpha value is -2.06. The smallest absolute Gasteiger partial charge is 0.278 e. The molecule has 0 atom stereocenters. The molecule has 1 aromatic heterocycles. The molecule has 1 aromatic carbocycles. The zero-order valence-electron chi connectivity index (χ0n) is 11.9. The van der Waals surface area contributed by atoms with E-state index in [1.54, 1.807) is 24.3 Å². The van der Waals surface area contributed by atoms with Crippen molar-refractivity contribution in [1.29, 1.82) is 0 Å². The number of nitrogens with one attached hydrogen (secondary N) is 2. The van der Waals surface area contributed by atoms with Gasteiger partial charge < -0.3 is 9.64 Å². The van der Waals surface area contributed by atoms with Crippen LogP contribution in [0.4, 0.5) is 5.69 Å². The van der Waals surface area contributed by atoms with Crippen LogP contribution < -0.4 is 9.46 Å². The summed E-state index contributed by atoms with van der Waals surface area (Å²) < 4.78 is 32.1. The predicted octanol–water partition coefficient (Wildman–Crippen LogP) is 1.15. The van der Waals surface area contributed by atoms with Crippen molar-refractivity contribution in [2.75, 3.05) is 32.0 Å². The summed E-state index contributed by atoms with van der Waals surface area (Å²) in [4.78, 5) is 2.00. The Bertz CT molecular complexity index is 668. The van der Waals surface area contributed by atoms with Crippen molar-refractivity contribution in [2.24, 2.45) is 0 Å². The second-order valence-corrected chi connectivity index (χ2v) is 6.36. The minimum atomic E-state index is -3.65. The number of nitrogens with zero attached hydrogens (tertiary/aromatic N) is 2. The number of anilines is 1. The zero-order chi connectivity index (χ0) is 15.3. The molecule has 2 N–H and O–H groups in total. The van der Waals surface area contributed by atoms with E-state index < -0.39 is 10.0 Å². The van der Waals surface area contributed by atoms with Crippen LogP contribution in [0, 0.1) is 0 Å². The van der Waals surface area contributed by atoms with Gasteiger partial charge in [-0.15, -0.1) is 0 Å². The van der Waals surface area contributed by atoms with Gasteiger partial charge in [-0.3, -0.25) is 9.82 Å². The van der Waals surface area contributed by atoms with Crippen LogP contribution >= 0.6 is 0 Å². The quantitative estimate of drug-likeness (QED) is 0.801. The molecule has 0 saturated carbocycles. The van der Waals surface area contributed by atoms with E-state index in [0.717, 1.165) is 6.54 Å². The summed E-state index contributed by atoms with van der Waals surface area (Å²) in [6.45, 7) is 1.31. The van der Waals surface area contributed by atoms with Crippen LogP contribution in [0.2, 0.25) is 0 Å². The van der Waals surface area contributed by atoms with Crippen LogP contribution in [0.5, 0.6) is 5.75 Å². The van der Waals surface area contributed by atoms with Gasteiger partial charge in [-0.25, -0.2) is 0 Å². The van der Waals surface area contributed by atoms with Gasteiger partial charge >= 0.3 is 0 Å². The van der Waals surface area contributed by atoms with Crippen molar-refractivity contribution in [3.8, 4) is 5.75 Å². The number of aromatic nitrogens is 2. The summed E-state index contributed by atoms with van der Waals surface area (Å²) >= 11 is 0. The Balaban J connectivity index is 2.04. The SMILES string of the molecule is CN(C)CCOc1cccc(NS(=O)(=O)c2ccn[nH]2)c1. The third kappa shape index (κ3) is 4.47. The first-order valence-corrected chi connectivity index (χ1v) is 7.85. The number of likely N-dealkylation sites (N-methyl/N-ethyl adjacent to an activating group) is 1. The Morgan fingerprint density at radius 1 is 1.33 bits per heavy atom. The molecule has 0 aliphatic carbocycles. The average Bonchev–Trinajstić information content (AvgIpc) is 2.92. The Morgan fingerprint density at radius 2 is 2.14 bits per heavy atom. The number of aromatic amines is 1. The molecule has 0 unspecified atom stereocenters. The maximum atomic E-state index is 12.0. The number of hydrogen-bond donors (Lipinski definition) is 2. The highest BCUT2D eigenvalue weighted by Crippen LogP contribution is 2.20. The molecule has 0 fully saturated rings. The van der Waals surface area contributed by atoms with Crippen molar-refractivity contribution < 1.29 is 13.2 Å². The van der Waals surface area contributed by atoms with Crippen LogP contribution in [-0.2, 0) is 10.0 Å². The molecule has 8 heteroatoms. The zero-order valence-corrected chi connectivity index (χ0v) is 12.7. The summed E-state index contributed by atoms with van der Waals surface area (Å²) in [5, 5.41) is 6.07. The third-order valence-corrected chi connectivity index (χ3v) is 3.97. The summed E-state index contributed by atoms with van der Waals surface area (Å²) in [6.07, 6.45) is 1.38. The molecule has 0 aliphatic heterocycles. The molecule has 114 valence electrons. The summed E-state index contributed by atoms with van der Waals surface area (Å²) in [7, 11) is 0.261. The third-order valence-electron chi connectivity index (χ3n) is 2.66. The average molecular weight is 310 g/mol. The molecule has 0 radical (unpaired) electrons. The Morgan fingerprint density at radius 3 is 2.81 bits per heavy atom. The van der Waals surface area contributed by atoms with Gasteiger partial charge in [0.1, 0.15) is 12.4 Å². The highest BCUT2D eigenvalue weighted by atomic mass is 32.2. The second-order valence-electron chi connectivity index (χ2n) is 4.71. The van der Waals surface area contributed by atoms with Gasteiger partial charge in [0.05, 0.1) is 11.9 Å². The molecule has 0 spiro atoms. The van der Waals surface area contributed by atoms with Gasteiger partial charge in [0.15, 0.2) is 5.03 Å². The fourth-order valence-electron chi connectivity index (χ4n) is 1.60. The molecule has 7 nitrogen and oxygen atoms in total. The number of sulfonamides is 1. The highest BCUT2D eigenvalue weighted by Gasteiger charge is 2.15. The highest BCUT2D eigenvalue weighted by molar-refractivity contribution is 7.92. The number of rotatable bonds is 7. The van der Waals surface area contributed by atoms with Crippen LogP contribution in [0.15, 0.2) is 41.6 Å². The number of H-pyrrole nitrogens is 1. The Labute approximate surface area is 124 Å². The lowest BCUT2D eigenvalue weighted by molar-refractivity contribution is 0.261. The van der Waals surface area contributed by atoms with E-state index in [4.69, 9.17) is 4.74 Å². The largest absolute Gasteiger partial charge is 0.492 e. The number of ether oxygens (including phenoxy) is 1. The van der Waals surface area contributed by atoms with E-state index in [1.165, 1.54) is 12.3 Å². The summed E-state index contributed by atoms with van der Waals surface area (Å²) in [5.41, 5.74) is 0.437. The van der Waals surface area contributed by atoms with Gasteiger partial charge in [-0.05, 0) is 32.3 Å². The Kier molecular flexibility index (Phi) is 4.81. The fraction of sp³-hybridized carbons (Fsp3) is 0.308. The van der Waals surface area contributed by atoms with E-state index in [1.807, 2.05) is 19.0 Å². The topological polar surface area (TPSA) is 87.3 Å². The molecule has 21 heavy (non-hydrogen) atoms. The molecule has 0 aliphatic rings. The minimum Gasteiger partial charge on any atom is -0.492 e. The van der Waals surface area contributed by atoms with Crippen molar-refractivity contribution in [3.05, 3.63) is 36.5 Å². The van der Waals surface area contributed by atoms with Gasteiger partial charge in [0, 0.05) is 12.6 Å². The lowest BCUT2D eigenvalue weighted by atomic mass is 10.3. The van der Waals surface area contributed by atoms with Gasteiger partial charge in [-0.1, -0.05) is 6.07 Å². The van der Waals surface area contributed by atoms with Crippen LogP contribution in [-0.4, -0.2) is 50.8 Å². The number of benzene rings is 1. The van der Waals surface area contributed by atoms with Crippen molar-refractivity contribution >= 4 is 15.7 Å². The maximum absolute atomic E-state index is 12.0. The second kappa shape index (κ2) is 6.59.